The van der Waals surface area contributed by atoms with Gasteiger partial charge in [-0.3, -0.25) is 19.7 Å². The molecule has 2 heterocycles. The molecule has 2 aromatic rings. The summed E-state index contributed by atoms with van der Waals surface area (Å²) >= 11 is 0. The van der Waals surface area contributed by atoms with Gasteiger partial charge in [0, 0.05) is 31.6 Å². The number of hydrogen-bond donors (Lipinski definition) is 2. The number of nitrogens with one attached hydrogen (secondary N) is 2. The minimum Gasteiger partial charge on any atom is -0.325 e. The van der Waals surface area contributed by atoms with Gasteiger partial charge in [-0.15, -0.1) is 0 Å². The highest BCUT2D eigenvalue weighted by Crippen LogP contribution is 2.38. The Morgan fingerprint density at radius 2 is 1.76 bits per heavy atom. The van der Waals surface area contributed by atoms with Crippen molar-refractivity contribution in [2.75, 3.05) is 30.4 Å². The summed E-state index contributed by atoms with van der Waals surface area (Å²) in [5.74, 6) is -5.16. The summed E-state index contributed by atoms with van der Waals surface area (Å²) in [7, 11) is -2.29. The summed E-state index contributed by atoms with van der Waals surface area (Å²) in [4.78, 5) is 52.3. The van der Waals surface area contributed by atoms with Crippen molar-refractivity contribution in [1.82, 2.24) is 15.1 Å². The molecule has 1 aliphatic carbocycles. The molecule has 2 fully saturated rings. The lowest BCUT2D eigenvalue weighted by atomic mass is 9.95. The van der Waals surface area contributed by atoms with Crippen LogP contribution >= 0.6 is 0 Å². The number of anilines is 1. The van der Waals surface area contributed by atoms with E-state index >= 15 is 0 Å². The maximum atomic E-state index is 13.8. The Labute approximate surface area is 210 Å². The Balaban J connectivity index is 1.34. The lowest BCUT2D eigenvalue weighted by molar-refractivity contribution is -0.135. The predicted octanol–water partition coefficient (Wildman–Crippen LogP) is 0.921. The summed E-state index contributed by atoms with van der Waals surface area (Å²) in [6.07, 6.45) is 0.586. The third-order valence-corrected chi connectivity index (χ3v) is 8.59. The molecule has 5 rings (SSSR count). The van der Waals surface area contributed by atoms with Gasteiger partial charge < -0.3 is 15.1 Å². The fourth-order valence-electron chi connectivity index (χ4n) is 5.21. The van der Waals surface area contributed by atoms with E-state index in [1.807, 2.05) is 0 Å². The summed E-state index contributed by atoms with van der Waals surface area (Å²) in [6.45, 7) is -0.544. The first-order chi connectivity index (χ1) is 17.4. The quantitative estimate of drug-likeness (QED) is 0.563. The van der Waals surface area contributed by atoms with Crippen molar-refractivity contribution in [3.8, 4) is 0 Å². The van der Waals surface area contributed by atoms with E-state index in [1.54, 1.807) is 25.2 Å². The number of urea groups is 1. The highest BCUT2D eigenvalue weighted by Gasteiger charge is 2.54. The topological polar surface area (TPSA) is 133 Å². The van der Waals surface area contributed by atoms with Gasteiger partial charge in [0.1, 0.15) is 29.5 Å². The Hall–Kier alpha value is -3.87. The van der Waals surface area contributed by atoms with Crippen LogP contribution in [0.25, 0.3) is 0 Å². The van der Waals surface area contributed by atoms with Crippen LogP contribution in [0.15, 0.2) is 36.4 Å². The summed E-state index contributed by atoms with van der Waals surface area (Å²) < 4.78 is 52.1. The van der Waals surface area contributed by atoms with Crippen LogP contribution in [0.3, 0.4) is 0 Å². The van der Waals surface area contributed by atoms with E-state index in [4.69, 9.17) is 0 Å². The maximum Gasteiger partial charge on any atom is 0.324 e. The van der Waals surface area contributed by atoms with Crippen molar-refractivity contribution in [2.24, 2.45) is 0 Å². The number of nitrogens with zero attached hydrogens (tertiary/aromatic N) is 2. The number of fused-ring (bicyclic) bond motifs is 1. The second-order valence-corrected chi connectivity index (χ2v) is 11.6. The largest absolute Gasteiger partial charge is 0.325 e. The highest BCUT2D eigenvalue weighted by molar-refractivity contribution is 7.92. The van der Waals surface area contributed by atoms with Crippen LogP contribution in [0.2, 0.25) is 0 Å². The number of sulfone groups is 1. The number of amides is 5. The third-order valence-electron chi connectivity index (χ3n) is 7.08. The molecular formula is C24H22F2N4O6S. The molecule has 10 nitrogen and oxygen atoms in total. The number of imide groups is 1. The predicted molar refractivity (Wildman–Crippen MR) is 126 cm³/mol. The summed E-state index contributed by atoms with van der Waals surface area (Å²) in [5.41, 5.74) is 0.889. The van der Waals surface area contributed by atoms with Crippen LogP contribution in [-0.4, -0.2) is 72.6 Å². The highest BCUT2D eigenvalue weighted by atomic mass is 32.2. The number of rotatable bonds is 4. The monoisotopic (exact) mass is 532 g/mol. The van der Waals surface area contributed by atoms with E-state index < -0.39 is 68.9 Å². The molecule has 2 N–H and O–H groups in total. The maximum absolute atomic E-state index is 13.8. The zero-order valence-corrected chi connectivity index (χ0v) is 20.4. The van der Waals surface area contributed by atoms with Gasteiger partial charge in [-0.05, 0) is 41.0 Å². The van der Waals surface area contributed by atoms with Gasteiger partial charge in [0.15, 0.2) is 9.84 Å². The fraction of sp³-hybridized carbons (Fsp3) is 0.333. The molecule has 1 spiro atoms. The van der Waals surface area contributed by atoms with Crippen molar-refractivity contribution >= 4 is 39.3 Å². The first-order valence-electron chi connectivity index (χ1n) is 11.3. The molecule has 37 heavy (non-hydrogen) atoms. The lowest BCUT2D eigenvalue weighted by Gasteiger charge is -2.35. The zero-order chi connectivity index (χ0) is 26.7. The van der Waals surface area contributed by atoms with Crippen molar-refractivity contribution in [1.29, 1.82) is 0 Å². The van der Waals surface area contributed by atoms with Crippen molar-refractivity contribution in [3.05, 3.63) is 64.7 Å². The Kier molecular flexibility index (Phi) is 5.77. The number of carbonyl (C=O) groups excluding carboxylic acids is 4. The van der Waals surface area contributed by atoms with E-state index in [2.05, 4.69) is 10.6 Å². The number of carbonyl (C=O) groups is 4. The number of hydrogen-bond acceptors (Lipinski definition) is 6. The van der Waals surface area contributed by atoms with E-state index in [0.717, 1.165) is 28.2 Å². The van der Waals surface area contributed by atoms with Gasteiger partial charge in [-0.25, -0.2) is 22.0 Å². The second-order valence-electron chi connectivity index (χ2n) is 9.53. The fourth-order valence-corrected chi connectivity index (χ4v) is 6.72. The molecule has 5 amide bonds. The summed E-state index contributed by atoms with van der Waals surface area (Å²) in [6, 6.07) is 5.80. The van der Waals surface area contributed by atoms with Gasteiger partial charge >= 0.3 is 6.03 Å². The van der Waals surface area contributed by atoms with Crippen LogP contribution in [-0.2, 0) is 37.1 Å². The zero-order valence-electron chi connectivity index (χ0n) is 19.6. The van der Waals surface area contributed by atoms with E-state index in [0.29, 0.717) is 18.2 Å². The van der Waals surface area contributed by atoms with Crippen molar-refractivity contribution in [2.45, 2.75) is 24.4 Å². The Morgan fingerprint density at radius 3 is 2.41 bits per heavy atom. The Morgan fingerprint density at radius 1 is 1.08 bits per heavy atom. The molecule has 0 saturated carbocycles. The van der Waals surface area contributed by atoms with Gasteiger partial charge in [0.05, 0.1) is 11.8 Å². The molecule has 2 atom stereocenters. The molecule has 0 bridgehead atoms. The van der Waals surface area contributed by atoms with Crippen molar-refractivity contribution in [3.63, 3.8) is 0 Å². The van der Waals surface area contributed by atoms with E-state index in [-0.39, 0.29) is 17.9 Å². The van der Waals surface area contributed by atoms with Crippen LogP contribution in [0, 0.1) is 11.6 Å². The van der Waals surface area contributed by atoms with Gasteiger partial charge in [-0.1, -0.05) is 6.07 Å². The molecule has 0 radical (unpaired) electrons. The number of benzene rings is 2. The molecule has 194 valence electrons. The van der Waals surface area contributed by atoms with Crippen molar-refractivity contribution < 1.29 is 36.4 Å². The molecule has 3 aliphatic rings. The Bertz CT molecular complexity index is 1460. The van der Waals surface area contributed by atoms with E-state index in [9.17, 15) is 36.4 Å². The minimum atomic E-state index is -3.84. The SMILES string of the molecule is CN1C(=O)NC(=O)[C@]12Cc1ccc(NC(=O)CN3C(=O)CS(=O)(=O)C[C@H]3c3cc(F)cc(F)c3)cc1C2. The van der Waals surface area contributed by atoms with Crippen LogP contribution < -0.4 is 10.6 Å². The molecule has 2 aliphatic heterocycles. The first kappa shape index (κ1) is 24.8. The van der Waals surface area contributed by atoms with Gasteiger partial charge in [0.25, 0.3) is 5.91 Å². The standard InChI is InChI=1S/C24H22F2N4O6S/c1-29-23(34)28-22(33)24(29)8-13-2-3-18(6-15(13)9-24)27-20(31)10-30-19(11-37(35,36)12-21(30)32)14-4-16(25)7-17(26)5-14/h2-7,19H,8-12H2,1H3,(H,27,31)(H,28,33,34)/t19-,24+/m0/s1. The molecular weight excluding hydrogens is 510 g/mol. The van der Waals surface area contributed by atoms with Gasteiger partial charge in [-0.2, -0.15) is 0 Å². The average molecular weight is 533 g/mol. The summed E-state index contributed by atoms with van der Waals surface area (Å²) in [5, 5.41) is 4.97. The van der Waals surface area contributed by atoms with Crippen LogP contribution in [0.1, 0.15) is 22.7 Å². The van der Waals surface area contributed by atoms with E-state index in [1.165, 1.54) is 4.90 Å². The van der Waals surface area contributed by atoms with Crippen LogP contribution in [0.4, 0.5) is 19.3 Å². The molecule has 13 heteroatoms. The van der Waals surface area contributed by atoms with Crippen LogP contribution in [0.5, 0.6) is 0 Å². The normalized spacial score (nSPS) is 24.4. The molecule has 0 aromatic heterocycles. The smallest absolute Gasteiger partial charge is 0.324 e. The van der Waals surface area contributed by atoms with Gasteiger partial charge in [0.2, 0.25) is 11.8 Å². The molecule has 0 unspecified atom stereocenters. The molecule has 2 saturated heterocycles. The average Bonchev–Trinajstić information content (AvgIpc) is 3.27. The number of likely N-dealkylation sites (N-methyl/N-ethyl adjacent to an activating group) is 1. The third kappa shape index (κ3) is 4.43. The lowest BCUT2D eigenvalue weighted by Crippen LogP contribution is -2.50. The molecule has 2 aromatic carbocycles. The number of halogens is 2. The minimum absolute atomic E-state index is 0.0711. The second kappa shape index (κ2) is 8.61. The first-order valence-corrected chi connectivity index (χ1v) is 13.2.